The Balaban J connectivity index is 2.45. The van der Waals surface area contributed by atoms with Gasteiger partial charge in [-0.05, 0) is 56.1 Å². The van der Waals surface area contributed by atoms with E-state index >= 15 is 0 Å². The summed E-state index contributed by atoms with van der Waals surface area (Å²) in [5.74, 6) is -1.04. The van der Waals surface area contributed by atoms with Gasteiger partial charge in [0, 0.05) is 5.56 Å². The number of aromatic nitrogens is 2. The van der Waals surface area contributed by atoms with Crippen LogP contribution >= 0.6 is 11.5 Å². The first-order valence-corrected chi connectivity index (χ1v) is 12.6. The van der Waals surface area contributed by atoms with Gasteiger partial charge in [0.15, 0.2) is 5.00 Å². The van der Waals surface area contributed by atoms with Gasteiger partial charge >= 0.3 is 0 Å². The van der Waals surface area contributed by atoms with Crippen LogP contribution in [0.5, 0.6) is 5.88 Å². The van der Waals surface area contributed by atoms with Gasteiger partial charge in [-0.1, -0.05) is 0 Å². The summed E-state index contributed by atoms with van der Waals surface area (Å²) in [6.07, 6.45) is 0. The molecule has 3 rings (SSSR count). The molecule has 2 aromatic heterocycles. The van der Waals surface area contributed by atoms with Gasteiger partial charge in [-0.25, -0.2) is 4.85 Å². The molecule has 3 aromatic rings. The van der Waals surface area contributed by atoms with E-state index in [1.165, 1.54) is 6.92 Å². The Labute approximate surface area is 197 Å². The van der Waals surface area contributed by atoms with Gasteiger partial charge in [0.1, 0.15) is 10.6 Å². The van der Waals surface area contributed by atoms with E-state index in [1.54, 1.807) is 13.8 Å². The molecule has 0 spiro atoms. The second-order valence-corrected chi connectivity index (χ2v) is 10.4. The fourth-order valence-corrected chi connectivity index (χ4v) is 4.74. The van der Waals surface area contributed by atoms with Crippen LogP contribution in [0.4, 0.5) is 16.4 Å². The summed E-state index contributed by atoms with van der Waals surface area (Å²) in [5, 5.41) is 18.8. The molecule has 0 aliphatic rings. The van der Waals surface area contributed by atoms with Crippen LogP contribution in [0.25, 0.3) is 10.5 Å². The third-order valence-electron chi connectivity index (χ3n) is 4.77. The molecule has 3 N–H and O–H groups in total. The second kappa shape index (κ2) is 8.70. The van der Waals surface area contributed by atoms with E-state index in [0.717, 1.165) is 11.5 Å². The maximum atomic E-state index is 13.3. The van der Waals surface area contributed by atoms with Gasteiger partial charge in [0.05, 0.1) is 22.8 Å². The summed E-state index contributed by atoms with van der Waals surface area (Å²) in [4.78, 5) is 14.6. The molecular weight excluding hydrogens is 510 g/mol. The molecular formula is C18H15N5O8S3. The molecule has 34 heavy (non-hydrogen) atoms. The quantitative estimate of drug-likeness (QED) is 0.254. The molecule has 0 fully saturated rings. The van der Waals surface area contributed by atoms with E-state index in [-0.39, 0.29) is 10.1 Å². The highest BCUT2D eigenvalue weighted by Crippen LogP contribution is 2.38. The van der Waals surface area contributed by atoms with Crippen LogP contribution in [0.2, 0.25) is 0 Å². The molecule has 13 nitrogen and oxygen atoms in total. The predicted octanol–water partition coefficient (Wildman–Crippen LogP) is 3.38. The number of azo groups is 1. The fourth-order valence-electron chi connectivity index (χ4n) is 2.87. The molecule has 1 aromatic carbocycles. The largest absolute Gasteiger partial charge is 0.502 e. The van der Waals surface area contributed by atoms with Crippen LogP contribution in [0.3, 0.4) is 0 Å². The summed E-state index contributed by atoms with van der Waals surface area (Å²) in [6, 6.07) is 1.82. The molecule has 16 heteroatoms. The average molecular weight is 526 g/mol. The van der Waals surface area contributed by atoms with Crippen molar-refractivity contribution in [2.75, 3.05) is 0 Å². The van der Waals surface area contributed by atoms with Crippen LogP contribution < -0.4 is 5.56 Å². The highest BCUT2D eigenvalue weighted by atomic mass is 32.2. The minimum absolute atomic E-state index is 0.0873. The lowest BCUT2D eigenvalue weighted by atomic mass is 10.2. The Morgan fingerprint density at radius 2 is 1.71 bits per heavy atom. The summed E-state index contributed by atoms with van der Waals surface area (Å²) in [6.45, 7) is 12.1. The minimum atomic E-state index is -5.06. The molecule has 0 atom stereocenters. The smallest absolute Gasteiger partial charge is 0.296 e. The lowest BCUT2D eigenvalue weighted by molar-refractivity contribution is 0.436. The van der Waals surface area contributed by atoms with Gasteiger partial charge in [-0.15, -0.1) is 10.2 Å². The zero-order valence-corrected chi connectivity index (χ0v) is 20.0. The highest BCUT2D eigenvalue weighted by Gasteiger charge is 2.27. The molecule has 0 unspecified atom stereocenters. The molecule has 0 saturated heterocycles. The molecule has 2 heterocycles. The summed E-state index contributed by atoms with van der Waals surface area (Å²) in [7, 11) is -9.95. The monoisotopic (exact) mass is 525 g/mol. The first-order chi connectivity index (χ1) is 15.7. The van der Waals surface area contributed by atoms with Gasteiger partial charge < -0.3 is 5.11 Å². The maximum Gasteiger partial charge on any atom is 0.296 e. The van der Waals surface area contributed by atoms with Crippen molar-refractivity contribution in [1.29, 1.82) is 0 Å². The van der Waals surface area contributed by atoms with E-state index in [1.807, 2.05) is 0 Å². The van der Waals surface area contributed by atoms with E-state index in [4.69, 9.17) is 6.57 Å². The number of hydrogen-bond acceptors (Lipinski definition) is 10. The van der Waals surface area contributed by atoms with Crippen molar-refractivity contribution in [2.45, 2.75) is 30.6 Å². The second-order valence-electron chi connectivity index (χ2n) is 6.88. The van der Waals surface area contributed by atoms with Crippen molar-refractivity contribution < 1.29 is 31.0 Å². The highest BCUT2D eigenvalue weighted by molar-refractivity contribution is 7.86. The van der Waals surface area contributed by atoms with Crippen molar-refractivity contribution in [3.63, 3.8) is 0 Å². The number of benzene rings is 1. The van der Waals surface area contributed by atoms with Crippen molar-refractivity contribution in [3.8, 4) is 11.6 Å². The van der Waals surface area contributed by atoms with E-state index in [9.17, 15) is 35.8 Å². The zero-order chi connectivity index (χ0) is 25.6. The van der Waals surface area contributed by atoms with E-state index < -0.39 is 58.5 Å². The third kappa shape index (κ3) is 4.47. The number of rotatable bonds is 5. The van der Waals surface area contributed by atoms with Crippen LogP contribution in [-0.4, -0.2) is 40.0 Å². The number of aromatic hydroxyl groups is 1. The summed E-state index contributed by atoms with van der Waals surface area (Å²) >= 11 is 0.995. The number of nitrogens with zero attached hydrogens (tertiary/aromatic N) is 5. The fraction of sp³-hybridized carbons (Fsp3) is 0.167. The average Bonchev–Trinajstić information content (AvgIpc) is 3.04. The van der Waals surface area contributed by atoms with Gasteiger partial charge in [0.25, 0.3) is 31.5 Å². The first kappa shape index (κ1) is 25.1. The Morgan fingerprint density at radius 3 is 2.21 bits per heavy atom. The lowest BCUT2D eigenvalue weighted by Crippen LogP contribution is -2.21. The van der Waals surface area contributed by atoms with Crippen molar-refractivity contribution in [3.05, 3.63) is 56.8 Å². The van der Waals surface area contributed by atoms with E-state index in [2.05, 4.69) is 19.4 Å². The number of hydrogen-bond donors (Lipinski definition) is 3. The molecule has 178 valence electrons. The minimum Gasteiger partial charge on any atom is -0.502 e. The zero-order valence-electron chi connectivity index (χ0n) is 17.6. The molecule has 0 saturated carbocycles. The molecule has 0 aliphatic carbocycles. The molecule has 0 bridgehead atoms. The lowest BCUT2D eigenvalue weighted by Gasteiger charge is -2.16. The van der Waals surface area contributed by atoms with Crippen molar-refractivity contribution in [2.24, 2.45) is 10.2 Å². The Hall–Kier alpha value is -3.49. The Kier molecular flexibility index (Phi) is 6.43. The maximum absolute atomic E-state index is 13.3. The SMILES string of the molecule is [C-]#[N+]c1c(C)c(N=Nc2snc(C)c2C)c(=O)n(-c2cc(S(=O)(=O)O)ccc2S(=O)(=O)O)c1O. The summed E-state index contributed by atoms with van der Waals surface area (Å²) < 4.78 is 70.3. The predicted molar refractivity (Wildman–Crippen MR) is 120 cm³/mol. The molecule has 0 aliphatic heterocycles. The molecule has 0 radical (unpaired) electrons. The standard InChI is InChI=1S/C18H15N5O8S3/c1-8-10(3)22-32-16(8)21-20-15-9(2)14(19-4)17(24)23(18(15)25)12-7-11(33(26,27)28)5-6-13(12)34(29,30)31/h5-7,24H,1-3H3,(H,26,27,28)(H,29,30,31). The van der Waals surface area contributed by atoms with Crippen molar-refractivity contribution >= 4 is 48.1 Å². The normalized spacial score (nSPS) is 12.2. The Bertz CT molecular complexity index is 1680. The summed E-state index contributed by atoms with van der Waals surface area (Å²) in [5.41, 5.74) is -1.72. The third-order valence-corrected chi connectivity index (χ3v) is 7.45. The van der Waals surface area contributed by atoms with E-state index in [0.29, 0.717) is 34.5 Å². The number of pyridine rings is 1. The topological polar surface area (TPSA) is 193 Å². The van der Waals surface area contributed by atoms with Crippen LogP contribution in [0.1, 0.15) is 16.8 Å². The van der Waals surface area contributed by atoms with Crippen molar-refractivity contribution in [1.82, 2.24) is 8.94 Å². The van der Waals surface area contributed by atoms with Gasteiger partial charge in [-0.3, -0.25) is 18.5 Å². The van der Waals surface area contributed by atoms with Crippen LogP contribution in [0, 0.1) is 27.3 Å². The Morgan fingerprint density at radius 1 is 1.06 bits per heavy atom. The first-order valence-electron chi connectivity index (χ1n) is 8.98. The molecule has 0 amide bonds. The van der Waals surface area contributed by atoms with Gasteiger partial charge in [-0.2, -0.15) is 21.2 Å². The van der Waals surface area contributed by atoms with Crippen LogP contribution in [-0.2, 0) is 20.2 Å². The number of aryl methyl sites for hydroxylation is 1. The van der Waals surface area contributed by atoms with Gasteiger partial charge in [0.2, 0.25) is 5.88 Å². The van der Waals surface area contributed by atoms with Crippen LogP contribution in [0.15, 0.2) is 43.0 Å².